The molecule has 84 valence electrons. The number of hydrogen-bond donors (Lipinski definition) is 1. The SMILES string of the molecule is OP(=S)(c1ccccc1)N1CCOCC1.[H-].[K+]. The Hall–Kier alpha value is 1.39. The second-order valence-electron chi connectivity index (χ2n) is 3.45. The Kier molecular flexibility index (Phi) is 6.85. The van der Waals surface area contributed by atoms with E-state index in [9.17, 15) is 4.89 Å². The fourth-order valence-electron chi connectivity index (χ4n) is 1.61. The molecule has 1 aliphatic rings. The summed E-state index contributed by atoms with van der Waals surface area (Å²) in [4.78, 5) is 10.4. The van der Waals surface area contributed by atoms with E-state index in [2.05, 4.69) is 0 Å². The normalized spacial score (nSPS) is 20.8. The maximum absolute atomic E-state index is 10.4. The van der Waals surface area contributed by atoms with Gasteiger partial charge in [-0.1, -0.05) is 30.3 Å². The molecule has 16 heavy (non-hydrogen) atoms. The van der Waals surface area contributed by atoms with Crippen LogP contribution in [0.4, 0.5) is 0 Å². The third kappa shape index (κ3) is 3.69. The van der Waals surface area contributed by atoms with Crippen molar-refractivity contribution in [3.63, 3.8) is 0 Å². The average molecular weight is 283 g/mol. The van der Waals surface area contributed by atoms with Gasteiger partial charge < -0.3 is 11.1 Å². The molecule has 1 heterocycles. The van der Waals surface area contributed by atoms with Gasteiger partial charge in [-0.3, -0.25) is 0 Å². The Bertz CT molecular complexity index is 376. The van der Waals surface area contributed by atoms with Gasteiger partial charge in [0.05, 0.1) is 13.2 Å². The zero-order valence-electron chi connectivity index (χ0n) is 10.4. The number of morpholine rings is 1. The molecule has 0 saturated carbocycles. The van der Waals surface area contributed by atoms with Gasteiger partial charge in [0.25, 0.3) is 0 Å². The van der Waals surface area contributed by atoms with Crippen molar-refractivity contribution in [2.75, 3.05) is 26.3 Å². The van der Waals surface area contributed by atoms with Gasteiger partial charge in [0.1, 0.15) is 0 Å². The summed E-state index contributed by atoms with van der Waals surface area (Å²) < 4.78 is 7.22. The van der Waals surface area contributed by atoms with Crippen molar-refractivity contribution >= 4 is 23.5 Å². The third-order valence-electron chi connectivity index (χ3n) is 2.46. The van der Waals surface area contributed by atoms with Gasteiger partial charge in [0.2, 0.25) is 0 Å². The van der Waals surface area contributed by atoms with E-state index < -0.39 is 6.42 Å². The first-order valence-electron chi connectivity index (χ1n) is 4.93. The summed E-state index contributed by atoms with van der Waals surface area (Å²) >= 11 is 5.37. The topological polar surface area (TPSA) is 32.7 Å². The zero-order valence-corrected chi connectivity index (χ0v) is 14.2. The van der Waals surface area contributed by atoms with Crippen molar-refractivity contribution in [1.82, 2.24) is 4.67 Å². The van der Waals surface area contributed by atoms with Gasteiger partial charge >= 0.3 is 51.4 Å². The Balaban J connectivity index is 0.00000128. The van der Waals surface area contributed by atoms with Crippen LogP contribution in [0.5, 0.6) is 0 Å². The molecule has 0 spiro atoms. The van der Waals surface area contributed by atoms with Crippen LogP contribution in [0.15, 0.2) is 30.3 Å². The summed E-state index contributed by atoms with van der Waals surface area (Å²) in [5.74, 6) is 0. The van der Waals surface area contributed by atoms with Crippen LogP contribution in [0.1, 0.15) is 1.43 Å². The summed E-state index contributed by atoms with van der Waals surface area (Å²) in [5.41, 5.74) is 0. The molecule has 1 fully saturated rings. The van der Waals surface area contributed by atoms with E-state index in [4.69, 9.17) is 16.5 Å². The van der Waals surface area contributed by atoms with Crippen molar-refractivity contribution in [2.24, 2.45) is 0 Å². The van der Waals surface area contributed by atoms with Crippen LogP contribution >= 0.6 is 6.42 Å². The van der Waals surface area contributed by atoms with Gasteiger partial charge in [0, 0.05) is 18.4 Å². The first-order chi connectivity index (χ1) is 7.21. The first-order valence-corrected chi connectivity index (χ1v) is 7.63. The zero-order chi connectivity index (χ0) is 10.7. The summed E-state index contributed by atoms with van der Waals surface area (Å²) in [6, 6.07) is 9.55. The fraction of sp³-hybridized carbons (Fsp3) is 0.400. The Labute approximate surface area is 145 Å². The number of hydrogen-bond acceptors (Lipinski definition) is 2. The maximum atomic E-state index is 10.4. The van der Waals surface area contributed by atoms with E-state index in [1.54, 1.807) is 0 Å². The Morgan fingerprint density at radius 1 is 1.25 bits per heavy atom. The number of benzene rings is 1. The van der Waals surface area contributed by atoms with E-state index in [0.29, 0.717) is 13.2 Å². The van der Waals surface area contributed by atoms with Crippen LogP contribution in [0.25, 0.3) is 0 Å². The first kappa shape index (κ1) is 15.4. The molecule has 1 N–H and O–H groups in total. The molecule has 0 radical (unpaired) electrons. The van der Waals surface area contributed by atoms with E-state index in [0.717, 1.165) is 18.4 Å². The fourth-order valence-corrected chi connectivity index (χ4v) is 4.06. The molecule has 6 heteroatoms. The smallest absolute Gasteiger partial charge is 1.00 e. The monoisotopic (exact) mass is 283 g/mol. The van der Waals surface area contributed by atoms with Crippen LogP contribution < -0.4 is 56.7 Å². The van der Waals surface area contributed by atoms with Crippen molar-refractivity contribution < 1.29 is 62.4 Å². The minimum atomic E-state index is -2.53. The summed E-state index contributed by atoms with van der Waals surface area (Å²) in [7, 11) is 0. The summed E-state index contributed by atoms with van der Waals surface area (Å²) in [6.07, 6.45) is -2.53. The van der Waals surface area contributed by atoms with Crippen LogP contribution in [-0.4, -0.2) is 35.9 Å². The molecule has 2 rings (SSSR count). The largest absolute Gasteiger partial charge is 1.00 e. The van der Waals surface area contributed by atoms with Crippen molar-refractivity contribution in [3.8, 4) is 0 Å². The van der Waals surface area contributed by atoms with Gasteiger partial charge in [-0.15, -0.1) is 0 Å². The van der Waals surface area contributed by atoms with Gasteiger partial charge in [-0.25, -0.2) is 4.67 Å². The molecule has 1 unspecified atom stereocenters. The summed E-state index contributed by atoms with van der Waals surface area (Å²) in [6.45, 7) is 2.77. The summed E-state index contributed by atoms with van der Waals surface area (Å²) in [5, 5.41) is 0.863. The van der Waals surface area contributed by atoms with Crippen LogP contribution in [-0.2, 0) is 16.5 Å². The standard InChI is InChI=1S/C10H14NO2PS.K.H/c12-14(15,10-4-2-1-3-5-10)11-6-8-13-9-7-11;;/h1-5H,6-9H2,(H,12,15);;/q;+1;-1. The molecule has 1 aromatic carbocycles. The predicted molar refractivity (Wildman–Crippen MR) is 66.1 cm³/mol. The van der Waals surface area contributed by atoms with Gasteiger partial charge in [-0.05, 0) is 11.8 Å². The average Bonchev–Trinajstić information content (AvgIpc) is 2.31. The van der Waals surface area contributed by atoms with E-state index in [1.165, 1.54) is 0 Å². The quantitative estimate of drug-likeness (QED) is 0.506. The van der Waals surface area contributed by atoms with Gasteiger partial charge in [0.15, 0.2) is 6.42 Å². The Morgan fingerprint density at radius 3 is 2.38 bits per heavy atom. The molecule has 0 bridgehead atoms. The van der Waals surface area contributed by atoms with Crippen LogP contribution in [0.3, 0.4) is 0 Å². The van der Waals surface area contributed by atoms with E-state index in [1.807, 2.05) is 35.0 Å². The van der Waals surface area contributed by atoms with Crippen LogP contribution in [0.2, 0.25) is 0 Å². The van der Waals surface area contributed by atoms with Crippen molar-refractivity contribution in [2.45, 2.75) is 0 Å². The van der Waals surface area contributed by atoms with Gasteiger partial charge in [-0.2, -0.15) is 0 Å². The molecular weight excluding hydrogens is 268 g/mol. The van der Waals surface area contributed by atoms with Crippen molar-refractivity contribution in [1.29, 1.82) is 0 Å². The molecular formula is C10H15KNO2PS. The van der Waals surface area contributed by atoms with Crippen LogP contribution in [0, 0.1) is 0 Å². The molecule has 0 aromatic heterocycles. The third-order valence-corrected chi connectivity index (χ3v) is 5.93. The predicted octanol–water partition coefficient (Wildman–Crippen LogP) is -1.94. The number of rotatable bonds is 2. The van der Waals surface area contributed by atoms with E-state index in [-0.39, 0.29) is 52.8 Å². The molecule has 1 saturated heterocycles. The molecule has 1 atom stereocenters. The molecule has 0 aliphatic carbocycles. The molecule has 1 aliphatic heterocycles. The molecule has 3 nitrogen and oxygen atoms in total. The molecule has 0 amide bonds. The minimum Gasteiger partial charge on any atom is -1.00 e. The maximum Gasteiger partial charge on any atom is 1.00 e. The second kappa shape index (κ2) is 7.09. The number of nitrogens with zero attached hydrogens (tertiary/aromatic N) is 1. The Morgan fingerprint density at radius 2 is 1.81 bits per heavy atom. The number of ether oxygens (including phenoxy) is 1. The minimum absolute atomic E-state index is 0. The molecule has 1 aromatic rings. The van der Waals surface area contributed by atoms with Crippen molar-refractivity contribution in [3.05, 3.63) is 30.3 Å². The van der Waals surface area contributed by atoms with E-state index >= 15 is 0 Å². The second-order valence-corrected chi connectivity index (χ2v) is 7.14.